The fourth-order valence-corrected chi connectivity index (χ4v) is 4.10. The van der Waals surface area contributed by atoms with Crippen LogP contribution in [0.3, 0.4) is 0 Å². The van der Waals surface area contributed by atoms with Gasteiger partial charge >= 0.3 is 11.9 Å². The molecule has 5 rings (SSSR count). The van der Waals surface area contributed by atoms with Gasteiger partial charge in [0.25, 0.3) is 0 Å². The summed E-state index contributed by atoms with van der Waals surface area (Å²) in [4.78, 5) is 13.1. The number of hydrogen-bond donors (Lipinski definition) is 1. The van der Waals surface area contributed by atoms with Gasteiger partial charge in [-0.3, -0.25) is 0 Å². The minimum absolute atomic E-state index is 0.0967. The summed E-state index contributed by atoms with van der Waals surface area (Å²) < 4.78 is 41.0. The number of benzene rings is 3. The van der Waals surface area contributed by atoms with Gasteiger partial charge in [-0.05, 0) is 47.5 Å². The van der Waals surface area contributed by atoms with Crippen molar-refractivity contribution in [2.75, 3.05) is 0 Å². The molecule has 0 spiro atoms. The molecule has 182 valence electrons. The van der Waals surface area contributed by atoms with E-state index in [1.165, 1.54) is 6.20 Å². The number of phenols is 1. The van der Waals surface area contributed by atoms with Crippen LogP contribution in [0.5, 0.6) is 5.75 Å². The fraction of sp³-hybridized carbons (Fsp3) is 0.0800. The van der Waals surface area contributed by atoms with Gasteiger partial charge < -0.3 is 5.11 Å². The largest absolute Gasteiger partial charge is 0.508 e. The van der Waals surface area contributed by atoms with Crippen LogP contribution >= 0.6 is 23.2 Å². The summed E-state index contributed by atoms with van der Waals surface area (Å²) in [5.41, 5.74) is 1.47. The predicted octanol–water partition coefficient (Wildman–Crippen LogP) is 6.30. The van der Waals surface area contributed by atoms with E-state index in [9.17, 15) is 23.1 Å². The van der Waals surface area contributed by atoms with E-state index >= 15 is 0 Å². The minimum Gasteiger partial charge on any atom is -0.508 e. The zero-order valence-electron chi connectivity index (χ0n) is 18.2. The summed E-state index contributed by atoms with van der Waals surface area (Å²) in [5, 5.41) is 19.9. The molecule has 0 saturated heterocycles. The molecule has 0 atom stereocenters. The van der Waals surface area contributed by atoms with Crippen LogP contribution in [-0.4, -0.2) is 24.5 Å². The lowest BCUT2D eigenvalue weighted by Gasteiger charge is -2.11. The number of nitrogens with zero attached hydrogens (tertiary/aromatic N) is 4. The molecule has 0 bridgehead atoms. The predicted molar refractivity (Wildman–Crippen MR) is 130 cm³/mol. The first-order valence-electron chi connectivity index (χ1n) is 10.5. The van der Waals surface area contributed by atoms with Crippen molar-refractivity contribution < 1.29 is 18.3 Å². The third kappa shape index (κ3) is 4.43. The molecule has 1 N–H and O–H groups in total. The third-order valence-electron chi connectivity index (χ3n) is 5.63. The average Bonchev–Trinajstić information content (AvgIpc) is 3.15. The van der Waals surface area contributed by atoms with Crippen LogP contribution in [0.25, 0.3) is 27.9 Å². The van der Waals surface area contributed by atoms with Crippen LogP contribution in [0.4, 0.5) is 13.2 Å². The summed E-state index contributed by atoms with van der Waals surface area (Å²) >= 11 is 12.1. The highest BCUT2D eigenvalue weighted by atomic mass is 35.5. The number of fused-ring (bicyclic) bond motifs is 1. The molecule has 0 aliphatic carbocycles. The van der Waals surface area contributed by atoms with E-state index in [2.05, 4.69) is 10.2 Å². The highest BCUT2D eigenvalue weighted by Crippen LogP contribution is 2.35. The Kier molecular flexibility index (Phi) is 5.97. The van der Waals surface area contributed by atoms with Gasteiger partial charge in [0.2, 0.25) is 0 Å². The molecular formula is C25H15Cl2F3N4O2. The smallest absolute Gasteiger partial charge is 0.416 e. The molecule has 0 amide bonds. The highest BCUT2D eigenvalue weighted by molar-refractivity contribution is 6.31. The number of alkyl halides is 3. The fourth-order valence-electron chi connectivity index (χ4n) is 3.85. The van der Waals surface area contributed by atoms with Crippen LogP contribution in [0.1, 0.15) is 11.1 Å². The van der Waals surface area contributed by atoms with Gasteiger partial charge in [0.05, 0.1) is 18.3 Å². The van der Waals surface area contributed by atoms with Crippen molar-refractivity contribution in [2.45, 2.75) is 12.7 Å². The van der Waals surface area contributed by atoms with Crippen molar-refractivity contribution in [1.29, 1.82) is 0 Å². The van der Waals surface area contributed by atoms with Gasteiger partial charge in [-0.2, -0.15) is 22.8 Å². The molecule has 36 heavy (non-hydrogen) atoms. The summed E-state index contributed by atoms with van der Waals surface area (Å²) in [7, 11) is 0. The Morgan fingerprint density at radius 3 is 2.08 bits per heavy atom. The summed E-state index contributed by atoms with van der Waals surface area (Å²) in [6.07, 6.45) is -3.07. The zero-order chi connectivity index (χ0) is 25.6. The van der Waals surface area contributed by atoms with Crippen molar-refractivity contribution in [3.05, 3.63) is 105 Å². The molecule has 11 heteroatoms. The lowest BCUT2D eigenvalue weighted by molar-refractivity contribution is -0.137. The van der Waals surface area contributed by atoms with Gasteiger partial charge in [0.1, 0.15) is 5.75 Å². The molecule has 2 heterocycles. The normalized spacial score (nSPS) is 11.8. The zero-order valence-corrected chi connectivity index (χ0v) is 19.7. The Bertz CT molecular complexity index is 1640. The third-order valence-corrected chi connectivity index (χ3v) is 6.14. The Balaban J connectivity index is 1.67. The highest BCUT2D eigenvalue weighted by Gasteiger charge is 2.31. The second-order valence-electron chi connectivity index (χ2n) is 7.96. The summed E-state index contributed by atoms with van der Waals surface area (Å²) in [6, 6.07) is 16.6. The first-order chi connectivity index (χ1) is 17.1. The lowest BCUT2D eigenvalue weighted by atomic mass is 9.97. The van der Waals surface area contributed by atoms with Crippen molar-refractivity contribution in [2.24, 2.45) is 0 Å². The van der Waals surface area contributed by atoms with Crippen molar-refractivity contribution >= 4 is 28.8 Å². The Labute approximate surface area is 211 Å². The molecule has 0 aliphatic heterocycles. The first kappa shape index (κ1) is 23.9. The Morgan fingerprint density at radius 2 is 1.50 bits per heavy atom. The molecule has 6 nitrogen and oxygen atoms in total. The van der Waals surface area contributed by atoms with Crippen LogP contribution in [-0.2, 0) is 12.7 Å². The number of rotatable bonds is 4. The van der Waals surface area contributed by atoms with Crippen molar-refractivity contribution in [3.63, 3.8) is 0 Å². The topological polar surface area (TPSA) is 72.4 Å². The van der Waals surface area contributed by atoms with E-state index in [4.69, 9.17) is 23.2 Å². The maximum absolute atomic E-state index is 13.1. The monoisotopic (exact) mass is 530 g/mol. The van der Waals surface area contributed by atoms with E-state index in [1.54, 1.807) is 36.4 Å². The molecular weight excluding hydrogens is 516 g/mol. The molecule has 5 aromatic rings. The standard InChI is InChI=1S/C25H15Cl2F3N4O2/c26-18-7-2-14(3-8-18)20-12-31-34-23(22(20)15-4-9-19(27)10-5-15)32-33(24(34)36)13-16-1-6-17(11-21(16)35)25(28,29)30/h1-12,35H,13H2. The van der Waals surface area contributed by atoms with Crippen molar-refractivity contribution in [3.8, 4) is 28.0 Å². The second kappa shape index (κ2) is 9.00. The van der Waals surface area contributed by atoms with E-state index in [0.717, 1.165) is 26.9 Å². The molecule has 0 fully saturated rings. The molecule has 0 saturated carbocycles. The molecule has 2 aromatic heterocycles. The number of phenolic OH excluding ortho intramolecular Hbond substituents is 1. The average molecular weight is 531 g/mol. The number of aromatic hydroxyl groups is 1. The van der Waals surface area contributed by atoms with Gasteiger partial charge in [-0.15, -0.1) is 5.10 Å². The van der Waals surface area contributed by atoms with Crippen LogP contribution in [0.2, 0.25) is 10.0 Å². The number of aromatic nitrogens is 4. The summed E-state index contributed by atoms with van der Waals surface area (Å²) in [6.45, 7) is -0.261. The Hall–Kier alpha value is -3.82. The molecule has 0 unspecified atom stereocenters. The number of hydrogen-bond acceptors (Lipinski definition) is 4. The van der Waals surface area contributed by atoms with Crippen LogP contribution in [0, 0.1) is 0 Å². The lowest BCUT2D eigenvalue weighted by Crippen LogP contribution is -2.23. The SMILES string of the molecule is O=c1n(Cc2ccc(C(F)(F)F)cc2O)nc2c(-c3ccc(Cl)cc3)c(-c3ccc(Cl)cc3)cnn12. The van der Waals surface area contributed by atoms with Gasteiger partial charge in [0.15, 0.2) is 5.65 Å². The quantitative estimate of drug-likeness (QED) is 0.295. The van der Waals surface area contributed by atoms with Gasteiger partial charge in [0, 0.05) is 26.7 Å². The van der Waals surface area contributed by atoms with E-state index < -0.39 is 23.2 Å². The van der Waals surface area contributed by atoms with Crippen molar-refractivity contribution in [1.82, 2.24) is 19.4 Å². The van der Waals surface area contributed by atoms with E-state index in [0.29, 0.717) is 32.8 Å². The van der Waals surface area contributed by atoms with Crippen LogP contribution < -0.4 is 5.69 Å². The molecule has 0 aliphatic rings. The minimum atomic E-state index is -4.61. The van der Waals surface area contributed by atoms with E-state index in [1.807, 2.05) is 12.1 Å². The first-order valence-corrected chi connectivity index (χ1v) is 11.3. The molecule has 3 aromatic carbocycles. The maximum Gasteiger partial charge on any atom is 0.416 e. The van der Waals surface area contributed by atoms with Gasteiger partial charge in [-0.25, -0.2) is 9.48 Å². The van der Waals surface area contributed by atoms with E-state index in [-0.39, 0.29) is 17.8 Å². The second-order valence-corrected chi connectivity index (χ2v) is 8.84. The number of halogens is 5. The maximum atomic E-state index is 13.1. The van der Waals surface area contributed by atoms with Gasteiger partial charge in [-0.1, -0.05) is 53.5 Å². The molecule has 0 radical (unpaired) electrons. The van der Waals surface area contributed by atoms with Crippen LogP contribution in [0.15, 0.2) is 77.7 Å². The summed E-state index contributed by atoms with van der Waals surface area (Å²) in [5.74, 6) is -0.596. The Morgan fingerprint density at radius 1 is 0.889 bits per heavy atom.